The smallest absolute Gasteiger partial charge is 0.487 e. The van der Waals surface area contributed by atoms with Gasteiger partial charge in [-0.2, -0.15) is 0 Å². The lowest BCUT2D eigenvalue weighted by Gasteiger charge is -2.64. The number of nitrogens with zero attached hydrogens (tertiary/aromatic N) is 1. The van der Waals surface area contributed by atoms with E-state index in [2.05, 4.69) is 26.1 Å². The molecule has 3 aliphatic carbocycles. The van der Waals surface area contributed by atoms with Gasteiger partial charge in [-0.05, 0) is 131 Å². The van der Waals surface area contributed by atoms with E-state index >= 15 is 0 Å². The van der Waals surface area contributed by atoms with E-state index in [1.54, 1.807) is 79.3 Å². The summed E-state index contributed by atoms with van der Waals surface area (Å²) < 4.78 is 42.0. The number of likely N-dealkylation sites (tertiary alicyclic amines) is 1. The van der Waals surface area contributed by atoms with Crippen LogP contribution in [0.1, 0.15) is 119 Å². The summed E-state index contributed by atoms with van der Waals surface area (Å²) >= 11 is 0. The van der Waals surface area contributed by atoms with Crippen LogP contribution in [0.25, 0.3) is 0 Å². The topological polar surface area (TPSA) is 168 Å². The van der Waals surface area contributed by atoms with Crippen molar-refractivity contribution in [1.82, 2.24) is 10.2 Å². The largest absolute Gasteiger partial charge is 0.514 e. The number of amides is 1. The van der Waals surface area contributed by atoms with E-state index in [0.717, 1.165) is 12.8 Å². The normalized spacial score (nSPS) is 26.1. The molecule has 14 nitrogen and oxygen atoms in total. The van der Waals surface area contributed by atoms with E-state index in [0.29, 0.717) is 30.1 Å². The molecule has 55 heavy (non-hydrogen) atoms. The monoisotopic (exact) mass is 772 g/mol. The van der Waals surface area contributed by atoms with E-state index < -0.39 is 59.8 Å². The fourth-order valence-corrected chi connectivity index (χ4v) is 8.29. The molecule has 2 bridgehead atoms. The van der Waals surface area contributed by atoms with Crippen LogP contribution in [0.3, 0.4) is 0 Å². The zero-order valence-electron chi connectivity index (χ0n) is 34.9. The van der Waals surface area contributed by atoms with Crippen LogP contribution in [-0.4, -0.2) is 101 Å². The van der Waals surface area contributed by atoms with Crippen molar-refractivity contribution in [2.45, 2.75) is 156 Å². The number of carboxylic acid groups (broad SMARTS) is 1. The maximum atomic E-state index is 14.0. The van der Waals surface area contributed by atoms with Crippen LogP contribution in [0.2, 0.25) is 6.32 Å². The molecule has 3 saturated carbocycles. The van der Waals surface area contributed by atoms with Crippen molar-refractivity contribution in [1.29, 1.82) is 0 Å². The lowest BCUT2D eigenvalue weighted by atomic mass is 9.43. The molecule has 5 aliphatic rings. The van der Waals surface area contributed by atoms with Crippen molar-refractivity contribution in [3.05, 3.63) is 23.3 Å². The standard InChI is InChI=1S/C40H61BN2O12/c1-35(2,3)51-31(44)29-26(49-25-20-43(21-25)22-39(12,32(45)46)42-33(47)52-36(4,5)6)15-14-23(30(29)50-34(48)53-37(7,8)9)16-17-41-54-28-19-24-18-27(38(24,10)11)40(28,13)55-41/h14-15,24-25,27-28H,16-22H2,1-13H3,(H,42,47)(H,45,46)/t24-,27-,28+,39?,40-/m0/s1. The highest BCUT2D eigenvalue weighted by Gasteiger charge is 2.67. The second kappa shape index (κ2) is 14.7. The van der Waals surface area contributed by atoms with Crippen molar-refractivity contribution in [3.8, 4) is 11.5 Å². The predicted molar refractivity (Wildman–Crippen MR) is 203 cm³/mol. The first-order valence-corrected chi connectivity index (χ1v) is 19.4. The Balaban J connectivity index is 1.37. The minimum atomic E-state index is -1.65. The van der Waals surface area contributed by atoms with Gasteiger partial charge in [0.1, 0.15) is 34.2 Å². The average Bonchev–Trinajstić information content (AvgIpc) is 3.32. The predicted octanol–water partition coefficient (Wildman–Crippen LogP) is 6.66. The number of hydrogen-bond donors (Lipinski definition) is 2. The zero-order valence-corrected chi connectivity index (χ0v) is 34.9. The number of aryl methyl sites for hydroxylation is 1. The molecule has 306 valence electrons. The minimum Gasteiger partial charge on any atom is -0.487 e. The van der Waals surface area contributed by atoms with E-state index in [1.807, 2.05) is 0 Å². The Bertz CT molecular complexity index is 1660. The van der Waals surface area contributed by atoms with Crippen LogP contribution in [0.15, 0.2) is 12.1 Å². The molecule has 2 heterocycles. The molecule has 0 radical (unpaired) electrons. The summed E-state index contributed by atoms with van der Waals surface area (Å²) in [6.45, 7) is 24.1. The van der Waals surface area contributed by atoms with Gasteiger partial charge in [-0.25, -0.2) is 19.2 Å². The molecule has 5 atom stereocenters. The molecule has 2 aliphatic heterocycles. The number of rotatable bonds is 11. The van der Waals surface area contributed by atoms with E-state index in [1.165, 1.54) is 6.92 Å². The lowest BCUT2D eigenvalue weighted by molar-refractivity contribution is -0.199. The Labute approximate surface area is 325 Å². The Morgan fingerprint density at radius 2 is 1.53 bits per heavy atom. The number of benzene rings is 1. The molecule has 0 aromatic heterocycles. The molecule has 1 amide bonds. The first-order chi connectivity index (χ1) is 25.1. The maximum absolute atomic E-state index is 14.0. The second-order valence-corrected chi connectivity index (χ2v) is 19.6. The van der Waals surface area contributed by atoms with Gasteiger partial charge in [-0.15, -0.1) is 0 Å². The Morgan fingerprint density at radius 1 is 0.909 bits per heavy atom. The molecule has 0 spiro atoms. The van der Waals surface area contributed by atoms with Gasteiger partial charge in [0.15, 0.2) is 11.3 Å². The third kappa shape index (κ3) is 9.71. The Hall–Kier alpha value is -3.56. The van der Waals surface area contributed by atoms with E-state index in [9.17, 15) is 24.3 Å². The number of ether oxygens (including phenoxy) is 5. The molecule has 1 unspecified atom stereocenters. The molecular formula is C40H61BN2O12. The van der Waals surface area contributed by atoms with Gasteiger partial charge in [-0.3, -0.25) is 4.90 Å². The Kier molecular flexibility index (Phi) is 11.4. The molecule has 2 N–H and O–H groups in total. The highest BCUT2D eigenvalue weighted by atomic mass is 16.7. The highest BCUT2D eigenvalue weighted by Crippen LogP contribution is 2.65. The van der Waals surface area contributed by atoms with Crippen LogP contribution in [0.5, 0.6) is 11.5 Å². The number of carboxylic acids is 1. The van der Waals surface area contributed by atoms with E-state index in [-0.39, 0.29) is 53.8 Å². The van der Waals surface area contributed by atoms with Gasteiger partial charge >= 0.3 is 31.3 Å². The van der Waals surface area contributed by atoms with Gasteiger partial charge in [0.2, 0.25) is 0 Å². The molecule has 15 heteroatoms. The molecule has 1 aromatic rings. The number of nitrogens with one attached hydrogen (secondary N) is 1. The summed E-state index contributed by atoms with van der Waals surface area (Å²) in [5.74, 6) is -0.889. The van der Waals surface area contributed by atoms with Crippen molar-refractivity contribution >= 4 is 31.3 Å². The van der Waals surface area contributed by atoms with Crippen LogP contribution >= 0.6 is 0 Å². The zero-order chi connectivity index (χ0) is 41.1. The molecule has 2 saturated heterocycles. The summed E-state index contributed by atoms with van der Waals surface area (Å²) in [7, 11) is -0.484. The summed E-state index contributed by atoms with van der Waals surface area (Å²) in [5.41, 5.74) is -3.95. The number of carbonyl (C=O) groups is 4. The average molecular weight is 773 g/mol. The van der Waals surface area contributed by atoms with Crippen LogP contribution in [0, 0.1) is 17.3 Å². The van der Waals surface area contributed by atoms with Crippen LogP contribution < -0.4 is 14.8 Å². The number of hydrogen-bond acceptors (Lipinski definition) is 12. The molecule has 5 fully saturated rings. The summed E-state index contributed by atoms with van der Waals surface area (Å²) in [5, 5.41) is 12.5. The number of alkyl carbamates (subject to hydrolysis) is 1. The van der Waals surface area contributed by atoms with Crippen molar-refractivity contribution in [2.75, 3.05) is 19.6 Å². The first kappa shape index (κ1) is 42.6. The quantitative estimate of drug-likeness (QED) is 0.106. The fraction of sp³-hybridized carbons (Fsp3) is 0.750. The van der Waals surface area contributed by atoms with Gasteiger partial charge in [0.05, 0.1) is 11.7 Å². The molecule has 6 rings (SSSR count). The third-order valence-electron chi connectivity index (χ3n) is 11.0. The van der Waals surface area contributed by atoms with Gasteiger partial charge in [-0.1, -0.05) is 19.9 Å². The maximum Gasteiger partial charge on any atom is 0.514 e. The van der Waals surface area contributed by atoms with Crippen molar-refractivity contribution in [2.24, 2.45) is 17.3 Å². The minimum absolute atomic E-state index is 0.00311. The number of carbonyl (C=O) groups excluding carboxylic acids is 3. The molecule has 1 aromatic carbocycles. The summed E-state index contributed by atoms with van der Waals surface area (Å²) in [4.78, 5) is 53.8. The number of esters is 1. The van der Waals surface area contributed by atoms with Gasteiger partial charge in [0.25, 0.3) is 0 Å². The lowest BCUT2D eigenvalue weighted by Crippen LogP contribution is -2.65. The molecular weight excluding hydrogens is 711 g/mol. The van der Waals surface area contributed by atoms with E-state index in [4.69, 9.17) is 33.0 Å². The second-order valence-electron chi connectivity index (χ2n) is 19.6. The van der Waals surface area contributed by atoms with Crippen LogP contribution in [0.4, 0.5) is 9.59 Å². The number of aliphatic carboxylic acids is 1. The van der Waals surface area contributed by atoms with Crippen molar-refractivity contribution in [3.63, 3.8) is 0 Å². The summed E-state index contributed by atoms with van der Waals surface area (Å²) in [6, 6.07) is 3.40. The SMILES string of the molecule is CC(C)(C)OC(=O)NC(C)(CN1CC(Oc2ccc(CCB3O[C@@H]4C[C@@H]5C[C@@H](C5(C)C)[C@]4(C)O3)c(OC(=O)OC(C)(C)C)c2C(=O)OC(C)(C)C)C1)C(=O)O. The Morgan fingerprint density at radius 3 is 2.09 bits per heavy atom. The van der Waals surface area contributed by atoms with Crippen molar-refractivity contribution < 1.29 is 57.3 Å². The van der Waals surface area contributed by atoms with Crippen LogP contribution in [-0.2, 0) is 34.7 Å². The first-order valence-electron chi connectivity index (χ1n) is 19.4. The fourth-order valence-electron chi connectivity index (χ4n) is 8.29. The third-order valence-corrected chi connectivity index (χ3v) is 11.0. The highest BCUT2D eigenvalue weighted by molar-refractivity contribution is 6.45. The summed E-state index contributed by atoms with van der Waals surface area (Å²) in [6.07, 6.45) is 0.561. The van der Waals surface area contributed by atoms with Gasteiger partial charge in [0, 0.05) is 19.6 Å². The van der Waals surface area contributed by atoms with Gasteiger partial charge < -0.3 is 43.4 Å².